The number of aromatic nitrogens is 5. The molecule has 2 heterocycles. The molecule has 4 rings (SSSR count). The van der Waals surface area contributed by atoms with E-state index < -0.39 is 0 Å². The summed E-state index contributed by atoms with van der Waals surface area (Å²) in [6, 6.07) is 18.0. The molecule has 0 aliphatic carbocycles. The van der Waals surface area contributed by atoms with Crippen molar-refractivity contribution < 1.29 is 4.74 Å². The predicted molar refractivity (Wildman–Crippen MR) is 128 cm³/mol. The molecule has 1 N–H and O–H groups in total. The Kier molecular flexibility index (Phi) is 6.55. The van der Waals surface area contributed by atoms with E-state index in [1.807, 2.05) is 47.1 Å². The lowest BCUT2D eigenvalue weighted by atomic mass is 10.1. The molecule has 0 bridgehead atoms. The Morgan fingerprint density at radius 1 is 1.06 bits per heavy atom. The second-order valence-electron chi connectivity index (χ2n) is 9.20. The van der Waals surface area contributed by atoms with Crippen molar-refractivity contribution in [3.63, 3.8) is 0 Å². The molecule has 4 aromatic rings. The largest absolute Gasteiger partial charge is 0.497 e. The van der Waals surface area contributed by atoms with Gasteiger partial charge in [-0.3, -0.25) is 9.69 Å². The number of H-pyrrole nitrogens is 1. The number of pyridine rings is 1. The quantitative estimate of drug-likeness (QED) is 0.445. The van der Waals surface area contributed by atoms with Crippen molar-refractivity contribution >= 4 is 10.9 Å². The van der Waals surface area contributed by atoms with E-state index in [-0.39, 0.29) is 11.1 Å². The molecule has 0 atom stereocenters. The number of hydrogen-bond donors (Lipinski definition) is 1. The minimum absolute atomic E-state index is 0.101. The number of nitrogens with one attached hydrogen (secondary N) is 1. The van der Waals surface area contributed by atoms with Gasteiger partial charge in [-0.05, 0) is 66.8 Å². The third-order valence-corrected chi connectivity index (χ3v) is 5.62. The summed E-state index contributed by atoms with van der Waals surface area (Å²) < 4.78 is 7.12. The lowest BCUT2D eigenvalue weighted by Gasteiger charge is -2.25. The maximum absolute atomic E-state index is 12.9. The predicted octanol–water partition coefficient (Wildman–Crippen LogP) is 3.52. The summed E-state index contributed by atoms with van der Waals surface area (Å²) in [6.45, 7) is 8.01. The molecule has 0 saturated carbocycles. The zero-order chi connectivity index (χ0) is 23.4. The normalized spacial score (nSPS) is 11.9. The van der Waals surface area contributed by atoms with Gasteiger partial charge in [-0.1, -0.05) is 30.3 Å². The second-order valence-corrected chi connectivity index (χ2v) is 9.20. The summed E-state index contributed by atoms with van der Waals surface area (Å²) in [7, 11) is 1.61. The topological polar surface area (TPSA) is 88.9 Å². The van der Waals surface area contributed by atoms with E-state index in [4.69, 9.17) is 4.74 Å². The first-order valence-corrected chi connectivity index (χ1v) is 11.1. The molecule has 0 spiro atoms. The van der Waals surface area contributed by atoms with Crippen LogP contribution in [0.25, 0.3) is 10.9 Å². The van der Waals surface area contributed by atoms with E-state index in [1.54, 1.807) is 7.11 Å². The van der Waals surface area contributed by atoms with Crippen molar-refractivity contribution in [2.75, 3.05) is 13.7 Å². The van der Waals surface area contributed by atoms with E-state index in [0.29, 0.717) is 24.4 Å². The molecule has 0 amide bonds. The summed E-state index contributed by atoms with van der Waals surface area (Å²) in [5, 5.41) is 13.3. The summed E-state index contributed by atoms with van der Waals surface area (Å²) >= 11 is 0. The van der Waals surface area contributed by atoms with Gasteiger partial charge in [0.2, 0.25) is 0 Å². The molecule has 172 valence electrons. The number of rotatable bonds is 8. The van der Waals surface area contributed by atoms with Crippen molar-refractivity contribution in [3.05, 3.63) is 81.9 Å². The van der Waals surface area contributed by atoms with Crippen molar-refractivity contribution in [1.82, 2.24) is 30.1 Å². The maximum atomic E-state index is 12.9. The average molecular weight is 447 g/mol. The molecule has 0 fully saturated rings. The summed E-state index contributed by atoms with van der Waals surface area (Å²) in [6.07, 6.45) is 0.862. The number of aromatic amines is 1. The molecule has 0 unspecified atom stereocenters. The highest BCUT2D eigenvalue weighted by Gasteiger charge is 2.22. The minimum Gasteiger partial charge on any atom is -0.497 e. The molecule has 2 aromatic carbocycles. The van der Waals surface area contributed by atoms with Crippen LogP contribution in [0, 0.1) is 0 Å². The molecule has 33 heavy (non-hydrogen) atoms. The molecule has 0 aliphatic rings. The molecule has 8 heteroatoms. The van der Waals surface area contributed by atoms with E-state index in [0.717, 1.165) is 29.7 Å². The summed E-state index contributed by atoms with van der Waals surface area (Å²) in [5.41, 5.74) is 2.38. The number of tetrazole rings is 1. The van der Waals surface area contributed by atoms with Crippen molar-refractivity contribution in [2.24, 2.45) is 0 Å². The van der Waals surface area contributed by atoms with Crippen molar-refractivity contribution in [3.8, 4) is 5.75 Å². The Balaban J connectivity index is 1.62. The molecule has 2 aromatic heterocycles. The van der Waals surface area contributed by atoms with Gasteiger partial charge in [-0.15, -0.1) is 5.10 Å². The number of methoxy groups -OCH3 is 1. The number of benzene rings is 2. The van der Waals surface area contributed by atoms with Crippen LogP contribution in [-0.4, -0.2) is 43.7 Å². The van der Waals surface area contributed by atoms with Gasteiger partial charge in [0.25, 0.3) is 5.56 Å². The van der Waals surface area contributed by atoms with E-state index >= 15 is 0 Å². The number of ether oxygens (including phenoxy) is 1. The van der Waals surface area contributed by atoms with Crippen LogP contribution < -0.4 is 10.3 Å². The average Bonchev–Trinajstić information content (AvgIpc) is 3.27. The minimum atomic E-state index is -0.233. The highest BCUT2D eigenvalue weighted by molar-refractivity contribution is 5.80. The lowest BCUT2D eigenvalue weighted by Crippen LogP contribution is -2.32. The zero-order valence-electron chi connectivity index (χ0n) is 19.6. The van der Waals surface area contributed by atoms with Crippen LogP contribution in [0.2, 0.25) is 0 Å². The van der Waals surface area contributed by atoms with Gasteiger partial charge in [0.15, 0.2) is 5.82 Å². The van der Waals surface area contributed by atoms with Gasteiger partial charge in [0, 0.05) is 24.7 Å². The smallest absolute Gasteiger partial charge is 0.252 e. The van der Waals surface area contributed by atoms with Crippen LogP contribution in [0.4, 0.5) is 0 Å². The Labute approximate surface area is 193 Å². The number of nitrogens with zero attached hydrogens (tertiary/aromatic N) is 5. The van der Waals surface area contributed by atoms with E-state index in [1.165, 1.54) is 5.56 Å². The van der Waals surface area contributed by atoms with Crippen LogP contribution in [0.1, 0.15) is 37.7 Å². The van der Waals surface area contributed by atoms with Gasteiger partial charge in [-0.25, -0.2) is 4.68 Å². The first kappa shape index (κ1) is 22.7. The van der Waals surface area contributed by atoms with Gasteiger partial charge in [-0.2, -0.15) is 0 Å². The van der Waals surface area contributed by atoms with E-state index in [2.05, 4.69) is 58.3 Å². The van der Waals surface area contributed by atoms with Crippen LogP contribution >= 0.6 is 0 Å². The van der Waals surface area contributed by atoms with Crippen LogP contribution in [0.3, 0.4) is 0 Å². The van der Waals surface area contributed by atoms with Crippen molar-refractivity contribution in [2.45, 2.75) is 45.8 Å². The molecular weight excluding hydrogens is 416 g/mol. The molecular formula is C25H30N6O2. The fraction of sp³-hybridized carbons (Fsp3) is 0.360. The first-order chi connectivity index (χ1) is 15.8. The molecule has 0 aliphatic heterocycles. The van der Waals surface area contributed by atoms with Crippen molar-refractivity contribution in [1.29, 1.82) is 0 Å². The third-order valence-electron chi connectivity index (χ3n) is 5.62. The highest BCUT2D eigenvalue weighted by atomic mass is 16.5. The Bertz CT molecular complexity index is 1270. The van der Waals surface area contributed by atoms with Gasteiger partial charge < -0.3 is 9.72 Å². The second kappa shape index (κ2) is 9.54. The van der Waals surface area contributed by atoms with Crippen LogP contribution in [0.15, 0.2) is 59.4 Å². The van der Waals surface area contributed by atoms with Crippen LogP contribution in [-0.2, 0) is 25.0 Å². The number of fused-ring (bicyclic) bond motifs is 1. The molecule has 0 saturated heterocycles. The fourth-order valence-corrected chi connectivity index (χ4v) is 3.88. The Hall–Kier alpha value is -3.52. The SMILES string of the molecule is COc1ccc2cc(CN(CCc3ccccc3)Cc3nnnn3C(C)(C)C)c(=O)[nH]c2c1. The monoisotopic (exact) mass is 446 g/mol. The fourth-order valence-electron chi connectivity index (χ4n) is 3.88. The Morgan fingerprint density at radius 3 is 2.58 bits per heavy atom. The standard InChI is InChI=1S/C25H30N6O2/c1-25(2,3)31-23(27-28-29-31)17-30(13-12-18-8-6-5-7-9-18)16-20-14-19-10-11-21(33-4)15-22(19)26-24(20)32/h5-11,14-15H,12-13,16-17H2,1-4H3,(H,26,32). The summed E-state index contributed by atoms with van der Waals surface area (Å²) in [4.78, 5) is 18.1. The summed E-state index contributed by atoms with van der Waals surface area (Å²) in [5.74, 6) is 1.49. The lowest BCUT2D eigenvalue weighted by molar-refractivity contribution is 0.234. The first-order valence-electron chi connectivity index (χ1n) is 11.1. The zero-order valence-corrected chi connectivity index (χ0v) is 19.6. The molecule has 8 nitrogen and oxygen atoms in total. The molecule has 0 radical (unpaired) electrons. The highest BCUT2D eigenvalue weighted by Crippen LogP contribution is 2.20. The van der Waals surface area contributed by atoms with E-state index in [9.17, 15) is 4.79 Å². The van der Waals surface area contributed by atoms with Crippen LogP contribution in [0.5, 0.6) is 5.75 Å². The third kappa shape index (κ3) is 5.46. The van der Waals surface area contributed by atoms with Gasteiger partial charge in [0.05, 0.1) is 24.7 Å². The maximum Gasteiger partial charge on any atom is 0.252 e. The Morgan fingerprint density at radius 2 is 1.85 bits per heavy atom. The van der Waals surface area contributed by atoms with Gasteiger partial charge >= 0.3 is 0 Å². The van der Waals surface area contributed by atoms with Gasteiger partial charge in [0.1, 0.15) is 5.75 Å². The number of hydrogen-bond acceptors (Lipinski definition) is 6.